The van der Waals surface area contributed by atoms with Gasteiger partial charge in [-0.2, -0.15) is 0 Å². The van der Waals surface area contributed by atoms with E-state index in [1.165, 1.54) is 126 Å². The smallest absolute Gasteiger partial charge is 0.104 e. The molecule has 1 fully saturated rings. The number of unbranched alkanes of at least 4 members (excludes halogenated alkanes) is 13. The minimum Gasteiger partial charge on any atom is -0.370 e. The summed E-state index contributed by atoms with van der Waals surface area (Å²) in [6.45, 7) is 9.06. The third-order valence-electron chi connectivity index (χ3n) is 6.77. The van der Waals surface area contributed by atoms with Gasteiger partial charge in [0.15, 0.2) is 0 Å². The number of ether oxygens (including phenoxy) is 1. The van der Waals surface area contributed by atoms with Crippen molar-refractivity contribution in [1.82, 2.24) is 0 Å². The van der Waals surface area contributed by atoms with Crippen LogP contribution in [0, 0.1) is 0 Å². The van der Waals surface area contributed by atoms with E-state index in [1.807, 2.05) is 0 Å². The van der Waals surface area contributed by atoms with E-state index < -0.39 is 0 Å². The average molecular weight is 403 g/mol. The van der Waals surface area contributed by atoms with Crippen molar-refractivity contribution in [2.24, 2.45) is 0 Å². The molecule has 0 atom stereocenters. The van der Waals surface area contributed by atoms with Crippen molar-refractivity contribution < 1.29 is 9.22 Å². The minimum atomic E-state index is 0.936. The minimum absolute atomic E-state index is 0.936. The normalized spacial score (nSPS) is 16.2. The van der Waals surface area contributed by atoms with Crippen LogP contribution in [0.4, 0.5) is 0 Å². The highest BCUT2D eigenvalue weighted by molar-refractivity contribution is 5.13. The number of hydrogen-bond donors (Lipinski definition) is 0. The molecule has 29 heavy (non-hydrogen) atoms. The highest BCUT2D eigenvalue weighted by atomic mass is 16.5. The van der Waals surface area contributed by atoms with Gasteiger partial charge in [-0.1, -0.05) is 114 Å². The van der Waals surface area contributed by atoms with Gasteiger partial charge in [0.1, 0.15) is 19.6 Å². The van der Waals surface area contributed by atoms with E-state index in [0.717, 1.165) is 13.2 Å². The summed E-state index contributed by atoms with van der Waals surface area (Å²) in [4.78, 5) is 0. The lowest BCUT2D eigenvalue weighted by atomic mass is 10.0. The van der Waals surface area contributed by atoms with Gasteiger partial charge >= 0.3 is 0 Å². The summed E-state index contributed by atoms with van der Waals surface area (Å²) in [6.07, 6.45) is 20.1. The van der Waals surface area contributed by atoms with Gasteiger partial charge in [0.25, 0.3) is 0 Å². The molecule has 0 spiro atoms. The van der Waals surface area contributed by atoms with E-state index in [1.54, 1.807) is 0 Å². The summed E-state index contributed by atoms with van der Waals surface area (Å²) in [6, 6.07) is 11.1. The van der Waals surface area contributed by atoms with Gasteiger partial charge in [0, 0.05) is 5.56 Å². The SMILES string of the molecule is CCCCCCCCCCCCCCCC[N+]1(Cc2ccccc2)CCOCC1. The lowest BCUT2D eigenvalue weighted by Gasteiger charge is -2.41. The zero-order valence-corrected chi connectivity index (χ0v) is 19.4. The fourth-order valence-electron chi connectivity index (χ4n) is 4.80. The summed E-state index contributed by atoms with van der Waals surface area (Å²) in [5.41, 5.74) is 1.49. The average Bonchev–Trinajstić information content (AvgIpc) is 2.75. The molecule has 2 rings (SSSR count). The Morgan fingerprint density at radius 2 is 1.14 bits per heavy atom. The molecule has 1 aliphatic heterocycles. The first-order valence-electron chi connectivity index (χ1n) is 12.8. The van der Waals surface area contributed by atoms with Crippen LogP contribution < -0.4 is 0 Å². The van der Waals surface area contributed by atoms with E-state index in [4.69, 9.17) is 4.74 Å². The first-order valence-corrected chi connectivity index (χ1v) is 12.8. The molecule has 0 amide bonds. The molecule has 1 aliphatic rings. The first kappa shape index (κ1) is 24.4. The van der Waals surface area contributed by atoms with Crippen LogP contribution in [-0.4, -0.2) is 37.3 Å². The number of rotatable bonds is 17. The maximum absolute atomic E-state index is 5.67. The van der Waals surface area contributed by atoms with Crippen LogP contribution in [0.1, 0.15) is 102 Å². The van der Waals surface area contributed by atoms with Gasteiger partial charge in [-0.3, -0.25) is 0 Å². The molecular weight excluding hydrogens is 354 g/mol. The quantitative estimate of drug-likeness (QED) is 0.193. The van der Waals surface area contributed by atoms with Gasteiger partial charge in [0.05, 0.1) is 19.8 Å². The van der Waals surface area contributed by atoms with Crippen LogP contribution in [0.5, 0.6) is 0 Å². The Balaban J connectivity index is 1.48. The standard InChI is InChI=1S/C27H48NO/c1-2-3-4-5-6-7-8-9-10-11-12-13-14-18-21-28(22-24-29-25-23-28)26-27-19-16-15-17-20-27/h15-17,19-20H,2-14,18,21-26H2,1H3/q+1. The van der Waals surface area contributed by atoms with Crippen molar-refractivity contribution in [3.63, 3.8) is 0 Å². The second-order valence-corrected chi connectivity index (χ2v) is 9.36. The predicted octanol–water partition coefficient (Wildman–Crippen LogP) is 7.51. The number of quaternary nitrogens is 1. The molecule has 1 saturated heterocycles. The van der Waals surface area contributed by atoms with Gasteiger partial charge in [-0.25, -0.2) is 0 Å². The van der Waals surface area contributed by atoms with Crippen LogP contribution in [0.15, 0.2) is 30.3 Å². The summed E-state index contributed by atoms with van der Waals surface area (Å²) >= 11 is 0. The predicted molar refractivity (Wildman–Crippen MR) is 126 cm³/mol. The molecule has 0 aromatic heterocycles. The van der Waals surface area contributed by atoms with E-state index in [2.05, 4.69) is 37.3 Å². The van der Waals surface area contributed by atoms with Crippen molar-refractivity contribution in [2.75, 3.05) is 32.8 Å². The van der Waals surface area contributed by atoms with Crippen LogP contribution in [0.25, 0.3) is 0 Å². The summed E-state index contributed by atoms with van der Waals surface area (Å²) < 4.78 is 6.91. The number of hydrogen-bond acceptors (Lipinski definition) is 1. The Bertz CT molecular complexity index is 481. The highest BCUT2D eigenvalue weighted by Crippen LogP contribution is 2.20. The van der Waals surface area contributed by atoms with Crippen molar-refractivity contribution in [1.29, 1.82) is 0 Å². The van der Waals surface area contributed by atoms with Crippen LogP contribution in [0.3, 0.4) is 0 Å². The third kappa shape index (κ3) is 11.2. The Hall–Kier alpha value is -0.860. The second kappa shape index (κ2) is 15.9. The van der Waals surface area contributed by atoms with Crippen molar-refractivity contribution in [2.45, 2.75) is 103 Å². The van der Waals surface area contributed by atoms with E-state index >= 15 is 0 Å². The topological polar surface area (TPSA) is 9.23 Å². The Kier molecular flexibility index (Phi) is 13.4. The largest absolute Gasteiger partial charge is 0.370 e. The molecule has 0 radical (unpaired) electrons. The molecule has 0 bridgehead atoms. The van der Waals surface area contributed by atoms with Crippen molar-refractivity contribution in [3.8, 4) is 0 Å². The number of nitrogens with zero attached hydrogens (tertiary/aromatic N) is 1. The molecule has 0 unspecified atom stereocenters. The van der Waals surface area contributed by atoms with Crippen molar-refractivity contribution >= 4 is 0 Å². The van der Waals surface area contributed by atoms with E-state index in [9.17, 15) is 0 Å². The molecule has 1 heterocycles. The zero-order valence-electron chi connectivity index (χ0n) is 19.4. The molecule has 166 valence electrons. The molecule has 0 N–H and O–H groups in total. The highest BCUT2D eigenvalue weighted by Gasteiger charge is 2.29. The Labute approximate surface area is 181 Å². The summed E-state index contributed by atoms with van der Waals surface area (Å²) in [5, 5.41) is 0. The van der Waals surface area contributed by atoms with Gasteiger partial charge in [-0.15, -0.1) is 0 Å². The second-order valence-electron chi connectivity index (χ2n) is 9.36. The number of benzene rings is 1. The maximum atomic E-state index is 5.67. The zero-order chi connectivity index (χ0) is 20.5. The molecule has 1 aromatic carbocycles. The van der Waals surface area contributed by atoms with Crippen LogP contribution in [0.2, 0.25) is 0 Å². The molecule has 2 heteroatoms. The van der Waals surface area contributed by atoms with E-state index in [-0.39, 0.29) is 0 Å². The number of morpholine rings is 1. The molecule has 0 aliphatic carbocycles. The molecular formula is C27H48NO+. The van der Waals surface area contributed by atoms with Gasteiger partial charge in [0.2, 0.25) is 0 Å². The molecule has 2 nitrogen and oxygen atoms in total. The fraction of sp³-hybridized carbons (Fsp3) is 0.778. The fourth-order valence-corrected chi connectivity index (χ4v) is 4.80. The summed E-state index contributed by atoms with van der Waals surface area (Å²) in [7, 11) is 0. The molecule has 1 aromatic rings. The lowest BCUT2D eigenvalue weighted by Crippen LogP contribution is -2.54. The molecule has 0 saturated carbocycles. The Morgan fingerprint density at radius 1 is 0.655 bits per heavy atom. The van der Waals surface area contributed by atoms with Crippen LogP contribution >= 0.6 is 0 Å². The third-order valence-corrected chi connectivity index (χ3v) is 6.77. The maximum Gasteiger partial charge on any atom is 0.104 e. The lowest BCUT2D eigenvalue weighted by molar-refractivity contribution is -0.947. The summed E-state index contributed by atoms with van der Waals surface area (Å²) in [5.74, 6) is 0. The first-order chi connectivity index (χ1) is 14.3. The van der Waals surface area contributed by atoms with Crippen LogP contribution in [-0.2, 0) is 11.3 Å². The van der Waals surface area contributed by atoms with Gasteiger partial charge < -0.3 is 9.22 Å². The monoisotopic (exact) mass is 402 g/mol. The van der Waals surface area contributed by atoms with Gasteiger partial charge in [-0.05, 0) is 12.8 Å². The van der Waals surface area contributed by atoms with Crippen molar-refractivity contribution in [3.05, 3.63) is 35.9 Å². The Morgan fingerprint density at radius 3 is 1.66 bits per heavy atom. The van der Waals surface area contributed by atoms with E-state index in [0.29, 0.717) is 0 Å².